The van der Waals surface area contributed by atoms with E-state index in [1.54, 1.807) is 4.90 Å². The molecule has 1 aliphatic heterocycles. The van der Waals surface area contributed by atoms with E-state index in [0.29, 0.717) is 12.2 Å². The van der Waals surface area contributed by atoms with Crippen LogP contribution in [-0.4, -0.2) is 44.4 Å². The predicted octanol–water partition coefficient (Wildman–Crippen LogP) is 0.829. The molecule has 2 atom stereocenters. The molecule has 6 heteroatoms. The fourth-order valence-corrected chi connectivity index (χ4v) is 2.44. The van der Waals surface area contributed by atoms with Gasteiger partial charge in [0.2, 0.25) is 0 Å². The van der Waals surface area contributed by atoms with Crippen LogP contribution in [0.25, 0.3) is 5.69 Å². The molecule has 1 aromatic carbocycles. The highest BCUT2D eigenvalue weighted by atomic mass is 16.2. The standard InChI is InChI=1S/C14H17N5O/c1-10-12(15)7-8-18(10)14(20)13-9-16-19(17-13)11-5-3-2-4-6-11/h2-6,9-10,12H,7-8,15H2,1H3. The molecular weight excluding hydrogens is 254 g/mol. The summed E-state index contributed by atoms with van der Waals surface area (Å²) >= 11 is 0. The number of benzene rings is 1. The van der Waals surface area contributed by atoms with Gasteiger partial charge in [0.05, 0.1) is 11.9 Å². The lowest BCUT2D eigenvalue weighted by atomic mass is 10.2. The van der Waals surface area contributed by atoms with Gasteiger partial charge in [-0.2, -0.15) is 9.90 Å². The van der Waals surface area contributed by atoms with Crippen LogP contribution < -0.4 is 5.73 Å². The molecule has 20 heavy (non-hydrogen) atoms. The van der Waals surface area contributed by atoms with Crippen LogP contribution in [0.3, 0.4) is 0 Å². The maximum Gasteiger partial charge on any atom is 0.276 e. The summed E-state index contributed by atoms with van der Waals surface area (Å²) < 4.78 is 0. The number of nitrogens with zero attached hydrogens (tertiary/aromatic N) is 4. The molecule has 6 nitrogen and oxygen atoms in total. The van der Waals surface area contributed by atoms with Gasteiger partial charge in [0.25, 0.3) is 5.91 Å². The molecular formula is C14H17N5O. The van der Waals surface area contributed by atoms with E-state index in [2.05, 4.69) is 10.2 Å². The zero-order chi connectivity index (χ0) is 14.1. The van der Waals surface area contributed by atoms with Crippen molar-refractivity contribution in [1.29, 1.82) is 0 Å². The normalized spacial score (nSPS) is 22.2. The minimum atomic E-state index is -0.104. The van der Waals surface area contributed by atoms with Gasteiger partial charge >= 0.3 is 0 Å². The Morgan fingerprint density at radius 1 is 1.35 bits per heavy atom. The van der Waals surface area contributed by atoms with Crippen molar-refractivity contribution in [3.63, 3.8) is 0 Å². The van der Waals surface area contributed by atoms with Crippen LogP contribution in [-0.2, 0) is 0 Å². The van der Waals surface area contributed by atoms with E-state index in [0.717, 1.165) is 12.1 Å². The number of amides is 1. The van der Waals surface area contributed by atoms with Gasteiger partial charge in [0.1, 0.15) is 0 Å². The van der Waals surface area contributed by atoms with E-state index in [9.17, 15) is 4.79 Å². The summed E-state index contributed by atoms with van der Waals surface area (Å²) in [4.78, 5) is 15.6. The number of carbonyl (C=O) groups excluding carboxylic acids is 1. The molecule has 2 N–H and O–H groups in total. The minimum absolute atomic E-state index is 0.0446. The first-order valence-electron chi connectivity index (χ1n) is 6.71. The summed E-state index contributed by atoms with van der Waals surface area (Å²) in [6, 6.07) is 9.61. The van der Waals surface area contributed by atoms with Crippen molar-refractivity contribution >= 4 is 5.91 Å². The number of carbonyl (C=O) groups is 1. The third-order valence-corrected chi connectivity index (χ3v) is 3.77. The second-order valence-corrected chi connectivity index (χ2v) is 5.05. The minimum Gasteiger partial charge on any atom is -0.333 e. The summed E-state index contributed by atoms with van der Waals surface area (Å²) in [7, 11) is 0. The Labute approximate surface area is 117 Å². The molecule has 1 saturated heterocycles. The Balaban J connectivity index is 1.82. The molecule has 2 unspecified atom stereocenters. The lowest BCUT2D eigenvalue weighted by Gasteiger charge is -2.21. The molecule has 1 aromatic heterocycles. The van der Waals surface area contributed by atoms with Crippen molar-refractivity contribution in [1.82, 2.24) is 19.9 Å². The number of aromatic nitrogens is 3. The van der Waals surface area contributed by atoms with E-state index in [1.807, 2.05) is 37.3 Å². The molecule has 0 spiro atoms. The smallest absolute Gasteiger partial charge is 0.276 e. The second-order valence-electron chi connectivity index (χ2n) is 5.05. The first-order valence-corrected chi connectivity index (χ1v) is 6.71. The SMILES string of the molecule is CC1C(N)CCN1C(=O)c1cnn(-c2ccccc2)n1. The van der Waals surface area contributed by atoms with Crippen molar-refractivity contribution in [2.75, 3.05) is 6.54 Å². The Morgan fingerprint density at radius 3 is 2.75 bits per heavy atom. The Hall–Kier alpha value is -2.21. The van der Waals surface area contributed by atoms with E-state index in [-0.39, 0.29) is 18.0 Å². The quantitative estimate of drug-likeness (QED) is 0.877. The maximum absolute atomic E-state index is 12.4. The average Bonchev–Trinajstić information content (AvgIpc) is 3.08. The van der Waals surface area contributed by atoms with Gasteiger partial charge < -0.3 is 10.6 Å². The van der Waals surface area contributed by atoms with E-state index in [1.165, 1.54) is 11.0 Å². The second kappa shape index (κ2) is 5.05. The van der Waals surface area contributed by atoms with E-state index >= 15 is 0 Å². The Morgan fingerprint density at radius 2 is 2.10 bits per heavy atom. The van der Waals surface area contributed by atoms with Crippen LogP contribution in [0.4, 0.5) is 0 Å². The third-order valence-electron chi connectivity index (χ3n) is 3.77. The topological polar surface area (TPSA) is 77.0 Å². The molecule has 3 rings (SSSR count). The maximum atomic E-state index is 12.4. The highest BCUT2D eigenvalue weighted by molar-refractivity contribution is 5.92. The van der Waals surface area contributed by atoms with Crippen LogP contribution in [0.1, 0.15) is 23.8 Å². The van der Waals surface area contributed by atoms with E-state index in [4.69, 9.17) is 5.73 Å². The van der Waals surface area contributed by atoms with Crippen molar-refractivity contribution in [2.24, 2.45) is 5.73 Å². The molecule has 0 aliphatic carbocycles. The molecule has 2 heterocycles. The van der Waals surface area contributed by atoms with Crippen LogP contribution in [0.5, 0.6) is 0 Å². The van der Waals surface area contributed by atoms with Gasteiger partial charge in [0.15, 0.2) is 5.69 Å². The van der Waals surface area contributed by atoms with Crippen LogP contribution in [0, 0.1) is 0 Å². The van der Waals surface area contributed by atoms with Crippen molar-refractivity contribution in [3.05, 3.63) is 42.2 Å². The van der Waals surface area contributed by atoms with Gasteiger partial charge in [-0.3, -0.25) is 4.79 Å². The molecule has 0 radical (unpaired) electrons. The van der Waals surface area contributed by atoms with Gasteiger partial charge in [-0.05, 0) is 25.5 Å². The van der Waals surface area contributed by atoms with Gasteiger partial charge in [-0.1, -0.05) is 18.2 Å². The molecule has 1 fully saturated rings. The Kier molecular flexibility index (Phi) is 3.23. The lowest BCUT2D eigenvalue weighted by molar-refractivity contribution is 0.0736. The summed E-state index contributed by atoms with van der Waals surface area (Å²) in [6.07, 6.45) is 2.34. The third kappa shape index (κ3) is 2.18. The molecule has 1 amide bonds. The fourth-order valence-electron chi connectivity index (χ4n) is 2.44. The van der Waals surface area contributed by atoms with Gasteiger partial charge in [-0.25, -0.2) is 0 Å². The summed E-state index contributed by atoms with van der Waals surface area (Å²) in [5.41, 5.74) is 7.13. The lowest BCUT2D eigenvalue weighted by Crippen LogP contribution is -2.40. The van der Waals surface area contributed by atoms with Crippen molar-refractivity contribution in [3.8, 4) is 5.69 Å². The first-order chi connectivity index (χ1) is 9.66. The van der Waals surface area contributed by atoms with Crippen molar-refractivity contribution < 1.29 is 4.79 Å². The average molecular weight is 271 g/mol. The number of hydrogen-bond donors (Lipinski definition) is 1. The number of para-hydroxylation sites is 1. The predicted molar refractivity (Wildman–Crippen MR) is 74.4 cm³/mol. The zero-order valence-corrected chi connectivity index (χ0v) is 11.3. The van der Waals surface area contributed by atoms with Crippen LogP contribution >= 0.6 is 0 Å². The molecule has 2 aromatic rings. The highest BCUT2D eigenvalue weighted by Gasteiger charge is 2.33. The zero-order valence-electron chi connectivity index (χ0n) is 11.3. The van der Waals surface area contributed by atoms with Crippen LogP contribution in [0.2, 0.25) is 0 Å². The summed E-state index contributed by atoms with van der Waals surface area (Å²) in [6.45, 7) is 2.65. The van der Waals surface area contributed by atoms with Crippen molar-refractivity contribution in [2.45, 2.75) is 25.4 Å². The number of likely N-dealkylation sites (tertiary alicyclic amines) is 1. The first kappa shape index (κ1) is 12.8. The van der Waals surface area contributed by atoms with E-state index < -0.39 is 0 Å². The molecule has 0 saturated carbocycles. The number of nitrogens with two attached hydrogens (primary N) is 1. The summed E-state index contributed by atoms with van der Waals surface area (Å²) in [5.74, 6) is -0.104. The van der Waals surface area contributed by atoms with Gasteiger partial charge in [-0.15, -0.1) is 5.10 Å². The molecule has 104 valence electrons. The largest absolute Gasteiger partial charge is 0.333 e. The van der Waals surface area contributed by atoms with Crippen LogP contribution in [0.15, 0.2) is 36.5 Å². The fraction of sp³-hybridized carbons (Fsp3) is 0.357. The molecule has 1 aliphatic rings. The Bertz CT molecular complexity index is 609. The highest BCUT2D eigenvalue weighted by Crippen LogP contribution is 2.18. The molecule has 0 bridgehead atoms. The number of rotatable bonds is 2. The number of hydrogen-bond acceptors (Lipinski definition) is 4. The summed E-state index contributed by atoms with van der Waals surface area (Å²) in [5, 5.41) is 8.41. The monoisotopic (exact) mass is 271 g/mol. The van der Waals surface area contributed by atoms with Gasteiger partial charge in [0, 0.05) is 18.6 Å².